The molecule has 2 aliphatic heterocycles. The van der Waals surface area contributed by atoms with Crippen molar-refractivity contribution >= 4 is 64.5 Å². The highest BCUT2D eigenvalue weighted by atomic mass is 32.1. The van der Waals surface area contributed by atoms with Gasteiger partial charge in [-0.05, 0) is 0 Å². The number of hydrogen-bond donors (Lipinski definition) is 4. The number of rotatable bonds is 10. The molecule has 1 amide bonds. The molecule has 254 valence electrons. The largest absolute Gasteiger partial charge is 0.756 e. The number of phosphoric ester groups is 1. The summed E-state index contributed by atoms with van der Waals surface area (Å²) in [7, 11) is -16.4. The Kier molecular flexibility index (Phi) is 9.25. The van der Waals surface area contributed by atoms with Crippen molar-refractivity contribution in [1.29, 1.82) is 0 Å². The second kappa shape index (κ2) is 12.2. The third-order valence-electron chi connectivity index (χ3n) is 6.50. The Labute approximate surface area is 263 Å². The summed E-state index contributed by atoms with van der Waals surface area (Å²) in [5.41, 5.74) is 6.60. The summed E-state index contributed by atoms with van der Waals surface area (Å²) in [6.07, 6.45) is -5.24. The minimum atomic E-state index is -6.15. The number of aromatic amines is 1. The topological polar surface area (TPSA) is 315 Å². The van der Waals surface area contributed by atoms with Crippen LogP contribution in [0.25, 0.3) is 11.2 Å². The zero-order chi connectivity index (χ0) is 34.0. The molecule has 5 rings (SSSR count). The number of ether oxygens (including phenoxy) is 3. The third-order valence-corrected chi connectivity index (χ3v) is 10.5. The predicted octanol–water partition coefficient (Wildman–Crippen LogP) is -0.804. The van der Waals surface area contributed by atoms with Gasteiger partial charge in [0.25, 0.3) is 29.4 Å². The lowest BCUT2D eigenvalue weighted by Crippen LogP contribution is -2.34. The molecular weight excluding hydrogens is 701 g/mol. The van der Waals surface area contributed by atoms with Crippen molar-refractivity contribution in [2.75, 3.05) is 17.7 Å². The normalized spacial score (nSPS) is 27.2. The molecule has 3 aromatic rings. The first-order valence-electron chi connectivity index (χ1n) is 12.9. The van der Waals surface area contributed by atoms with Gasteiger partial charge in [0.1, 0.15) is 35.3 Å². The number of nitrogen functional groups attached to an aromatic ring is 1. The van der Waals surface area contributed by atoms with Gasteiger partial charge in [-0.3, -0.25) is 27.7 Å². The number of nitrogens with two attached hydrogens (primary N) is 1. The van der Waals surface area contributed by atoms with E-state index in [0.717, 1.165) is 0 Å². The summed E-state index contributed by atoms with van der Waals surface area (Å²) in [4.78, 5) is 67.3. The van der Waals surface area contributed by atoms with Gasteiger partial charge in [0.05, 0.1) is 18.6 Å². The van der Waals surface area contributed by atoms with Gasteiger partial charge in [0, 0.05) is 18.5 Å². The van der Waals surface area contributed by atoms with Crippen LogP contribution in [0.5, 0.6) is 0 Å². The van der Waals surface area contributed by atoms with E-state index < -0.39 is 66.8 Å². The molecular formula is C20H26N8O14P3S-3. The molecule has 0 spiro atoms. The highest BCUT2D eigenvalue weighted by Crippen LogP contribution is 2.61. The SMILES string of the molecule is Cn1nc(C(C)(C)C)cc1NC(=O)C1OC2C(COP(=O)([O-])OP(=O)([O-])OP(=O)([O-])O)OC(n3cnc4c(=S)nc(N)[nH]c43)C2O1. The van der Waals surface area contributed by atoms with E-state index in [0.29, 0.717) is 11.5 Å². The van der Waals surface area contributed by atoms with Crippen LogP contribution in [-0.2, 0) is 58.3 Å². The molecule has 0 aromatic carbocycles. The van der Waals surface area contributed by atoms with E-state index in [-0.39, 0.29) is 27.2 Å². The van der Waals surface area contributed by atoms with Crippen LogP contribution in [0.15, 0.2) is 12.4 Å². The quantitative estimate of drug-likeness (QED) is 0.147. The summed E-state index contributed by atoms with van der Waals surface area (Å²) in [5.74, 6) is -0.505. The Balaban J connectivity index is 1.39. The molecule has 0 radical (unpaired) electrons. The number of amides is 1. The average molecular weight is 727 g/mol. The Morgan fingerprint density at radius 1 is 1.17 bits per heavy atom. The molecule has 8 unspecified atom stereocenters. The Hall–Kier alpha value is -2.46. The van der Waals surface area contributed by atoms with Gasteiger partial charge in [-0.15, -0.1) is 0 Å². The van der Waals surface area contributed by atoms with Crippen molar-refractivity contribution in [3.8, 4) is 0 Å². The predicted molar refractivity (Wildman–Crippen MR) is 148 cm³/mol. The number of nitrogens with one attached hydrogen (secondary N) is 2. The number of anilines is 2. The second-order valence-corrected chi connectivity index (χ2v) is 15.7. The molecule has 46 heavy (non-hydrogen) atoms. The van der Waals surface area contributed by atoms with E-state index in [9.17, 15) is 33.2 Å². The molecule has 26 heteroatoms. The van der Waals surface area contributed by atoms with Crippen molar-refractivity contribution in [2.45, 2.75) is 57.0 Å². The lowest BCUT2D eigenvalue weighted by Gasteiger charge is -2.33. The zero-order valence-electron chi connectivity index (χ0n) is 24.1. The first-order valence-corrected chi connectivity index (χ1v) is 17.7. The van der Waals surface area contributed by atoms with Crippen molar-refractivity contribution in [3.63, 3.8) is 0 Å². The van der Waals surface area contributed by atoms with Gasteiger partial charge in [0.2, 0.25) is 6.29 Å². The summed E-state index contributed by atoms with van der Waals surface area (Å²) >= 11 is 5.20. The number of fused-ring (bicyclic) bond motifs is 2. The van der Waals surface area contributed by atoms with Crippen LogP contribution in [0.1, 0.15) is 32.7 Å². The molecule has 8 atom stereocenters. The molecule has 0 aliphatic carbocycles. The Bertz CT molecular complexity index is 1870. The fourth-order valence-electron chi connectivity index (χ4n) is 4.55. The van der Waals surface area contributed by atoms with E-state index in [4.69, 9.17) is 37.1 Å². The number of imidazole rings is 1. The van der Waals surface area contributed by atoms with Gasteiger partial charge in [-0.1, -0.05) is 33.0 Å². The molecule has 2 saturated heterocycles. The summed E-state index contributed by atoms with van der Waals surface area (Å²) in [6, 6.07) is 1.67. The van der Waals surface area contributed by atoms with Crippen LogP contribution in [-0.4, -0.2) is 71.3 Å². The van der Waals surface area contributed by atoms with Crippen LogP contribution in [0.4, 0.5) is 11.8 Å². The van der Waals surface area contributed by atoms with Gasteiger partial charge in [-0.2, -0.15) is 5.10 Å². The van der Waals surface area contributed by atoms with Crippen molar-refractivity contribution in [3.05, 3.63) is 22.7 Å². The number of carbonyl (C=O) groups excluding carboxylic acids is 1. The molecule has 5 N–H and O–H groups in total. The first kappa shape index (κ1) is 34.9. The maximum atomic E-state index is 13.2. The minimum absolute atomic E-state index is 0.0466. The third kappa shape index (κ3) is 7.64. The minimum Gasteiger partial charge on any atom is -0.756 e. The Morgan fingerprint density at radius 3 is 2.48 bits per heavy atom. The van der Waals surface area contributed by atoms with Crippen LogP contribution >= 0.6 is 35.7 Å². The summed E-state index contributed by atoms with van der Waals surface area (Å²) in [5, 5.41) is 7.05. The van der Waals surface area contributed by atoms with Crippen molar-refractivity contribution in [2.24, 2.45) is 7.05 Å². The van der Waals surface area contributed by atoms with E-state index in [2.05, 4.69) is 38.5 Å². The number of nitrogens with zero attached hydrogens (tertiary/aromatic N) is 5. The second-order valence-electron chi connectivity index (χ2n) is 11.0. The van der Waals surface area contributed by atoms with E-state index in [1.54, 1.807) is 13.1 Å². The highest BCUT2D eigenvalue weighted by molar-refractivity contribution is 7.71. The monoisotopic (exact) mass is 727 g/mol. The molecule has 5 heterocycles. The van der Waals surface area contributed by atoms with Crippen LogP contribution in [0, 0.1) is 4.64 Å². The number of carbonyl (C=O) groups is 1. The summed E-state index contributed by atoms with van der Waals surface area (Å²) in [6.45, 7) is 4.82. The van der Waals surface area contributed by atoms with Gasteiger partial charge in [0.15, 0.2) is 16.8 Å². The lowest BCUT2D eigenvalue weighted by atomic mass is 9.92. The highest BCUT2D eigenvalue weighted by Gasteiger charge is 2.55. The summed E-state index contributed by atoms with van der Waals surface area (Å²) < 4.78 is 66.6. The van der Waals surface area contributed by atoms with E-state index >= 15 is 0 Å². The van der Waals surface area contributed by atoms with Gasteiger partial charge < -0.3 is 54.3 Å². The number of phosphoric acid groups is 3. The Morgan fingerprint density at radius 2 is 1.85 bits per heavy atom. The number of hydrogen-bond acceptors (Lipinski definition) is 18. The molecule has 2 fully saturated rings. The molecule has 0 bridgehead atoms. The average Bonchev–Trinajstić information content (AvgIpc) is 3.63. The van der Waals surface area contributed by atoms with Crippen LogP contribution in [0.3, 0.4) is 0 Å². The fourth-order valence-corrected chi connectivity index (χ4v) is 7.69. The maximum absolute atomic E-state index is 13.2. The van der Waals surface area contributed by atoms with Crippen LogP contribution < -0.4 is 25.7 Å². The number of H-pyrrole nitrogens is 1. The van der Waals surface area contributed by atoms with E-state index in [1.165, 1.54) is 15.6 Å². The molecule has 0 saturated carbocycles. The van der Waals surface area contributed by atoms with E-state index in [1.807, 2.05) is 20.8 Å². The lowest BCUT2D eigenvalue weighted by molar-refractivity contribution is -0.250. The molecule has 2 aliphatic rings. The first-order chi connectivity index (χ1) is 21.1. The standard InChI is InChI=1S/C20H29N8O14P3S/c1-20(2,3)9-5-10(27(4)26-9)23-15(29)18-39-12-8(6-37-44(33,34)42-45(35,36)41-43(30,31)32)38-17(13(12)40-18)28-7-22-11-14(28)24-19(21)25-16(11)46/h5,7-8,12-13,17-18H,6H2,1-4H3,(H,23,29)(H,33,34)(H,35,36)(H2,30,31,32)(H3,21,24,25,46)/p-3. The maximum Gasteiger partial charge on any atom is 0.282 e. The van der Waals surface area contributed by atoms with Gasteiger partial charge in [-0.25, -0.2) is 18.6 Å². The molecule has 3 aromatic heterocycles. The number of aromatic nitrogens is 6. The van der Waals surface area contributed by atoms with Crippen LogP contribution in [0.2, 0.25) is 0 Å². The number of aryl methyl sites for hydroxylation is 1. The smallest absolute Gasteiger partial charge is 0.282 e. The van der Waals surface area contributed by atoms with Crippen molar-refractivity contribution in [1.82, 2.24) is 29.3 Å². The zero-order valence-corrected chi connectivity index (χ0v) is 27.6. The fraction of sp³-hybridized carbons (Fsp3) is 0.550. The van der Waals surface area contributed by atoms with Gasteiger partial charge >= 0.3 is 0 Å². The molecule has 22 nitrogen and oxygen atoms in total. The van der Waals surface area contributed by atoms with Crippen molar-refractivity contribution < 1.29 is 65.4 Å².